The Bertz CT molecular complexity index is 723. The second-order valence-corrected chi connectivity index (χ2v) is 6.37. The standard InChI is InChI=1S/C20H21NO3/c22-20(21-10-4-5-11-21)13-17(15-6-2-1-3-7-15)16-8-9-18-19(12-16)24-14-23-18/h1-3,6-9,12,17H,4-5,10-11,13-14H2/t17-/m1/s1. The largest absolute Gasteiger partial charge is 0.454 e. The van der Waals surface area contributed by atoms with E-state index in [0.29, 0.717) is 6.42 Å². The predicted octanol–water partition coefficient (Wildman–Crippen LogP) is 3.56. The highest BCUT2D eigenvalue weighted by Gasteiger charge is 2.25. The van der Waals surface area contributed by atoms with E-state index in [1.807, 2.05) is 41.3 Å². The summed E-state index contributed by atoms with van der Waals surface area (Å²) in [5, 5.41) is 0. The lowest BCUT2D eigenvalue weighted by Gasteiger charge is -2.22. The van der Waals surface area contributed by atoms with Crippen LogP contribution < -0.4 is 9.47 Å². The number of amides is 1. The van der Waals surface area contributed by atoms with Gasteiger partial charge in [0.1, 0.15) is 0 Å². The van der Waals surface area contributed by atoms with Crippen LogP contribution in [0, 0.1) is 0 Å². The molecule has 4 heteroatoms. The maximum absolute atomic E-state index is 12.7. The molecular formula is C20H21NO3. The normalized spacial score (nSPS) is 17.1. The van der Waals surface area contributed by atoms with Crippen molar-refractivity contribution in [2.45, 2.75) is 25.2 Å². The molecular weight excluding hydrogens is 302 g/mol. The molecule has 0 aromatic heterocycles. The first kappa shape index (κ1) is 15.1. The lowest BCUT2D eigenvalue weighted by Crippen LogP contribution is -2.29. The van der Waals surface area contributed by atoms with Crippen molar-refractivity contribution in [2.75, 3.05) is 19.9 Å². The zero-order valence-corrected chi connectivity index (χ0v) is 13.6. The summed E-state index contributed by atoms with van der Waals surface area (Å²) in [5.74, 6) is 1.81. The van der Waals surface area contributed by atoms with Crippen molar-refractivity contribution >= 4 is 5.91 Å². The van der Waals surface area contributed by atoms with E-state index < -0.39 is 0 Å². The minimum absolute atomic E-state index is 0.0359. The zero-order chi connectivity index (χ0) is 16.4. The lowest BCUT2D eigenvalue weighted by molar-refractivity contribution is -0.130. The van der Waals surface area contributed by atoms with Crippen LogP contribution in [0.25, 0.3) is 0 Å². The van der Waals surface area contributed by atoms with E-state index >= 15 is 0 Å². The third-order valence-corrected chi connectivity index (χ3v) is 4.84. The van der Waals surface area contributed by atoms with Gasteiger partial charge in [0.2, 0.25) is 12.7 Å². The first-order chi connectivity index (χ1) is 11.8. The molecule has 2 aliphatic heterocycles. The molecule has 2 aliphatic rings. The van der Waals surface area contributed by atoms with Gasteiger partial charge in [-0.3, -0.25) is 4.79 Å². The smallest absolute Gasteiger partial charge is 0.231 e. The molecule has 0 bridgehead atoms. The first-order valence-electron chi connectivity index (χ1n) is 8.53. The molecule has 1 saturated heterocycles. The molecule has 2 aromatic carbocycles. The van der Waals surface area contributed by atoms with Crippen LogP contribution in [0.15, 0.2) is 48.5 Å². The lowest BCUT2D eigenvalue weighted by atomic mass is 9.88. The third kappa shape index (κ3) is 2.96. The summed E-state index contributed by atoms with van der Waals surface area (Å²) in [7, 11) is 0. The summed E-state index contributed by atoms with van der Waals surface area (Å²) in [6.45, 7) is 2.05. The van der Waals surface area contributed by atoms with Crippen LogP contribution in [0.1, 0.15) is 36.3 Å². The third-order valence-electron chi connectivity index (χ3n) is 4.84. The molecule has 1 amide bonds. The number of ether oxygens (including phenoxy) is 2. The summed E-state index contributed by atoms with van der Waals surface area (Å²) < 4.78 is 10.9. The van der Waals surface area contributed by atoms with Crippen LogP contribution in [0.5, 0.6) is 11.5 Å². The maximum Gasteiger partial charge on any atom is 0.231 e. The molecule has 4 rings (SSSR count). The van der Waals surface area contributed by atoms with Gasteiger partial charge in [0.05, 0.1) is 0 Å². The van der Waals surface area contributed by atoms with Crippen LogP contribution in [-0.4, -0.2) is 30.7 Å². The average Bonchev–Trinajstić information content (AvgIpc) is 3.31. The molecule has 24 heavy (non-hydrogen) atoms. The Kier molecular flexibility index (Phi) is 4.11. The minimum Gasteiger partial charge on any atom is -0.454 e. The average molecular weight is 323 g/mol. The highest BCUT2D eigenvalue weighted by atomic mass is 16.7. The Morgan fingerprint density at radius 1 is 0.958 bits per heavy atom. The van der Waals surface area contributed by atoms with Crippen LogP contribution in [0.3, 0.4) is 0 Å². The minimum atomic E-state index is 0.0359. The second-order valence-electron chi connectivity index (χ2n) is 6.37. The maximum atomic E-state index is 12.7. The molecule has 0 saturated carbocycles. The number of hydrogen-bond donors (Lipinski definition) is 0. The van der Waals surface area contributed by atoms with Crippen molar-refractivity contribution in [3.8, 4) is 11.5 Å². The van der Waals surface area contributed by atoms with Crippen molar-refractivity contribution in [3.05, 3.63) is 59.7 Å². The molecule has 2 heterocycles. The van der Waals surface area contributed by atoms with Crippen molar-refractivity contribution in [1.82, 2.24) is 4.90 Å². The van der Waals surface area contributed by atoms with E-state index in [1.165, 1.54) is 0 Å². The highest BCUT2D eigenvalue weighted by Crippen LogP contribution is 2.37. The number of carbonyl (C=O) groups is 1. The van der Waals surface area contributed by atoms with E-state index in [0.717, 1.165) is 48.6 Å². The van der Waals surface area contributed by atoms with Gasteiger partial charge in [-0.2, -0.15) is 0 Å². The Balaban J connectivity index is 1.64. The van der Waals surface area contributed by atoms with Gasteiger partial charge >= 0.3 is 0 Å². The number of likely N-dealkylation sites (tertiary alicyclic amines) is 1. The van der Waals surface area contributed by atoms with Crippen molar-refractivity contribution in [3.63, 3.8) is 0 Å². The summed E-state index contributed by atoms with van der Waals surface area (Å²) in [6.07, 6.45) is 2.72. The van der Waals surface area contributed by atoms with E-state index in [4.69, 9.17) is 9.47 Å². The summed E-state index contributed by atoms with van der Waals surface area (Å²) in [6, 6.07) is 16.2. The van der Waals surface area contributed by atoms with Crippen molar-refractivity contribution in [1.29, 1.82) is 0 Å². The Hall–Kier alpha value is -2.49. The van der Waals surface area contributed by atoms with Crippen molar-refractivity contribution < 1.29 is 14.3 Å². The van der Waals surface area contributed by atoms with Crippen LogP contribution in [0.2, 0.25) is 0 Å². The van der Waals surface area contributed by atoms with Gasteiger partial charge in [-0.15, -0.1) is 0 Å². The Labute approximate surface area is 142 Å². The fourth-order valence-electron chi connectivity index (χ4n) is 3.51. The molecule has 1 atom stereocenters. The van der Waals surface area contributed by atoms with Gasteiger partial charge in [-0.25, -0.2) is 0 Å². The van der Waals surface area contributed by atoms with E-state index in [9.17, 15) is 4.79 Å². The van der Waals surface area contributed by atoms with E-state index in [1.54, 1.807) is 0 Å². The number of nitrogens with zero attached hydrogens (tertiary/aromatic N) is 1. The topological polar surface area (TPSA) is 38.8 Å². The molecule has 0 unspecified atom stereocenters. The van der Waals surface area contributed by atoms with Gasteiger partial charge in [-0.1, -0.05) is 36.4 Å². The quantitative estimate of drug-likeness (QED) is 0.863. The zero-order valence-electron chi connectivity index (χ0n) is 13.6. The Morgan fingerprint density at radius 3 is 2.50 bits per heavy atom. The number of rotatable bonds is 4. The molecule has 0 N–H and O–H groups in total. The SMILES string of the molecule is O=C(C[C@H](c1ccccc1)c1ccc2c(c1)OCO2)N1CCCC1. The molecule has 0 aliphatic carbocycles. The molecule has 2 aromatic rings. The number of hydrogen-bond acceptors (Lipinski definition) is 3. The number of carbonyl (C=O) groups excluding carboxylic acids is 1. The van der Waals surface area contributed by atoms with Gasteiger partial charge in [0, 0.05) is 25.4 Å². The summed E-state index contributed by atoms with van der Waals surface area (Å²) in [5.41, 5.74) is 2.25. The first-order valence-corrected chi connectivity index (χ1v) is 8.53. The van der Waals surface area contributed by atoms with Gasteiger partial charge in [0.25, 0.3) is 0 Å². The second kappa shape index (κ2) is 6.56. The number of benzene rings is 2. The van der Waals surface area contributed by atoms with Crippen molar-refractivity contribution in [2.24, 2.45) is 0 Å². The highest BCUT2D eigenvalue weighted by molar-refractivity contribution is 5.78. The monoisotopic (exact) mass is 323 g/mol. The fraction of sp³-hybridized carbons (Fsp3) is 0.350. The molecule has 0 radical (unpaired) electrons. The van der Waals surface area contributed by atoms with E-state index in [2.05, 4.69) is 12.1 Å². The molecule has 4 nitrogen and oxygen atoms in total. The molecule has 1 fully saturated rings. The summed E-state index contributed by atoms with van der Waals surface area (Å²) >= 11 is 0. The van der Waals surface area contributed by atoms with Gasteiger partial charge < -0.3 is 14.4 Å². The van der Waals surface area contributed by atoms with Gasteiger partial charge in [-0.05, 0) is 36.1 Å². The molecule has 0 spiro atoms. The molecule has 124 valence electrons. The van der Waals surface area contributed by atoms with Crippen LogP contribution in [0.4, 0.5) is 0 Å². The summed E-state index contributed by atoms with van der Waals surface area (Å²) in [4.78, 5) is 14.7. The fourth-order valence-corrected chi connectivity index (χ4v) is 3.51. The van der Waals surface area contributed by atoms with Crippen LogP contribution >= 0.6 is 0 Å². The number of fused-ring (bicyclic) bond motifs is 1. The van der Waals surface area contributed by atoms with Crippen LogP contribution in [-0.2, 0) is 4.79 Å². The van der Waals surface area contributed by atoms with Gasteiger partial charge in [0.15, 0.2) is 11.5 Å². The predicted molar refractivity (Wildman–Crippen MR) is 91.3 cm³/mol. The Morgan fingerprint density at radius 2 is 1.71 bits per heavy atom. The van der Waals surface area contributed by atoms with E-state index in [-0.39, 0.29) is 18.6 Å².